The molecule has 0 rings (SSSR count). The first-order valence-corrected chi connectivity index (χ1v) is 6.98. The van der Waals surface area contributed by atoms with Crippen molar-refractivity contribution in [1.82, 2.24) is 5.32 Å². The normalized spacial score (nSPS) is 13.3. The molecule has 19 heavy (non-hydrogen) atoms. The number of hydrogen-bond donors (Lipinski definition) is 7. The van der Waals surface area contributed by atoms with Crippen LogP contribution in [0.3, 0.4) is 0 Å². The molecule has 0 saturated carbocycles. The van der Waals surface area contributed by atoms with Crippen LogP contribution in [0.15, 0.2) is 0 Å². The fourth-order valence-electron chi connectivity index (χ4n) is 0.829. The number of carbonyl (C=O) groups excluding carboxylic acids is 1. The van der Waals surface area contributed by atoms with E-state index in [0.29, 0.717) is 13.0 Å². The molecule has 116 valence electrons. The zero-order chi connectivity index (χ0) is 15.7. The molecule has 1 atom stereocenters. The third-order valence-electron chi connectivity index (χ3n) is 2.03. The molecule has 1 amide bonds. The van der Waals surface area contributed by atoms with Crippen LogP contribution < -0.4 is 5.32 Å². The van der Waals surface area contributed by atoms with Gasteiger partial charge in [-0.1, -0.05) is 13.8 Å². The molecule has 0 aliphatic rings. The number of hydrogen-bond acceptors (Lipinski definition) is 5. The minimum absolute atomic E-state index is 0.000230. The van der Waals surface area contributed by atoms with Crippen molar-refractivity contribution in [2.75, 3.05) is 19.8 Å². The van der Waals surface area contributed by atoms with Crippen LogP contribution in [0.5, 0.6) is 0 Å². The Morgan fingerprint density at radius 3 is 2.00 bits per heavy atom. The third-order valence-corrected chi connectivity index (χ3v) is 2.03. The van der Waals surface area contributed by atoms with E-state index in [1.165, 1.54) is 0 Å². The Bertz CT molecular complexity index is 294. The maximum absolute atomic E-state index is 11.3. The maximum Gasteiger partial charge on any atom is 0.466 e. The molecule has 0 spiro atoms. The summed E-state index contributed by atoms with van der Waals surface area (Å²) in [6.45, 7) is 3.27. The monoisotopic (exact) mass is 303 g/mol. The largest absolute Gasteiger partial charge is 0.466 e. The van der Waals surface area contributed by atoms with E-state index in [4.69, 9.17) is 29.5 Å². The molecule has 7 N–H and O–H groups in total. The molecule has 0 radical (unpaired) electrons. The molecule has 1 unspecified atom stereocenters. The van der Waals surface area contributed by atoms with Gasteiger partial charge in [-0.25, -0.2) is 4.57 Å². The molecule has 0 aliphatic carbocycles. The minimum Gasteiger partial charge on any atom is -0.396 e. The van der Waals surface area contributed by atoms with Crippen molar-refractivity contribution in [3.8, 4) is 0 Å². The van der Waals surface area contributed by atoms with Gasteiger partial charge in [-0.3, -0.25) is 4.79 Å². The Hall–Kier alpha value is -0.540. The van der Waals surface area contributed by atoms with E-state index in [1.54, 1.807) is 13.8 Å². The summed E-state index contributed by atoms with van der Waals surface area (Å²) in [5, 5.41) is 29.3. The number of rotatable bonds is 6. The molecule has 9 nitrogen and oxygen atoms in total. The van der Waals surface area contributed by atoms with E-state index in [2.05, 4.69) is 5.32 Å². The number of nitrogens with one attached hydrogen (secondary N) is 1. The summed E-state index contributed by atoms with van der Waals surface area (Å²) in [6.07, 6.45) is -0.774. The zero-order valence-electron chi connectivity index (χ0n) is 10.9. The second-order valence-electron chi connectivity index (χ2n) is 4.43. The molecule has 0 bridgehead atoms. The lowest BCUT2D eigenvalue weighted by Crippen LogP contribution is -2.45. The number of amides is 1. The van der Waals surface area contributed by atoms with Crippen LogP contribution in [0.25, 0.3) is 0 Å². The van der Waals surface area contributed by atoms with Crippen molar-refractivity contribution < 1.29 is 39.4 Å². The van der Waals surface area contributed by atoms with Crippen LogP contribution in [-0.4, -0.2) is 61.8 Å². The number of aliphatic hydroxyl groups excluding tert-OH is 3. The van der Waals surface area contributed by atoms with Gasteiger partial charge in [-0.05, 0) is 6.42 Å². The highest BCUT2D eigenvalue weighted by Gasteiger charge is 2.32. The first kappa shape index (κ1) is 20.8. The van der Waals surface area contributed by atoms with Crippen molar-refractivity contribution in [2.24, 2.45) is 5.41 Å². The van der Waals surface area contributed by atoms with Crippen LogP contribution in [0.4, 0.5) is 0 Å². The van der Waals surface area contributed by atoms with Crippen molar-refractivity contribution in [1.29, 1.82) is 0 Å². The number of aliphatic hydroxyl groups is 3. The minimum atomic E-state index is -4.64. The fraction of sp³-hybridized carbons (Fsp3) is 0.889. The molecular weight excluding hydrogens is 281 g/mol. The first-order valence-electron chi connectivity index (χ1n) is 5.41. The zero-order valence-corrected chi connectivity index (χ0v) is 11.7. The summed E-state index contributed by atoms with van der Waals surface area (Å²) < 4.78 is 8.88. The lowest BCUT2D eigenvalue weighted by Gasteiger charge is -2.27. The Balaban J connectivity index is 0. The fourth-order valence-corrected chi connectivity index (χ4v) is 0.829. The molecule has 0 saturated heterocycles. The summed E-state index contributed by atoms with van der Waals surface area (Å²) >= 11 is 0. The van der Waals surface area contributed by atoms with Gasteiger partial charge in [-0.2, -0.15) is 0 Å². The predicted molar refractivity (Wildman–Crippen MR) is 65.8 cm³/mol. The highest BCUT2D eigenvalue weighted by atomic mass is 31.2. The Labute approximate surface area is 111 Å². The van der Waals surface area contributed by atoms with Crippen LogP contribution in [0.1, 0.15) is 20.3 Å². The lowest BCUT2D eigenvalue weighted by molar-refractivity contribution is -0.137. The topological polar surface area (TPSA) is 168 Å². The van der Waals surface area contributed by atoms with Crippen molar-refractivity contribution in [3.63, 3.8) is 0 Å². The van der Waals surface area contributed by atoms with E-state index >= 15 is 0 Å². The second kappa shape index (κ2) is 9.38. The maximum atomic E-state index is 11.3. The van der Waals surface area contributed by atoms with Crippen molar-refractivity contribution in [3.05, 3.63) is 0 Å². The Morgan fingerprint density at radius 2 is 1.68 bits per heavy atom. The van der Waals surface area contributed by atoms with Gasteiger partial charge < -0.3 is 35.3 Å². The van der Waals surface area contributed by atoms with Gasteiger partial charge in [0.1, 0.15) is 6.10 Å². The van der Waals surface area contributed by atoms with Gasteiger partial charge in [0, 0.05) is 18.6 Å². The highest BCUT2D eigenvalue weighted by molar-refractivity contribution is 7.45. The number of carbonyl (C=O) groups is 1. The molecule has 0 aromatic heterocycles. The summed E-state index contributed by atoms with van der Waals surface area (Å²) in [7, 11) is -4.64. The summed E-state index contributed by atoms with van der Waals surface area (Å²) in [4.78, 5) is 32.8. The average molecular weight is 303 g/mol. The first-order chi connectivity index (χ1) is 8.45. The molecular formula is C9H22NO8P. The van der Waals surface area contributed by atoms with E-state index in [0.717, 1.165) is 0 Å². The van der Waals surface area contributed by atoms with Crippen molar-refractivity contribution in [2.45, 2.75) is 26.4 Å². The van der Waals surface area contributed by atoms with E-state index in [9.17, 15) is 9.90 Å². The van der Waals surface area contributed by atoms with Gasteiger partial charge >= 0.3 is 7.82 Å². The van der Waals surface area contributed by atoms with E-state index < -0.39 is 25.2 Å². The number of phosphoric acid groups is 1. The molecule has 10 heteroatoms. The predicted octanol–water partition coefficient (Wildman–Crippen LogP) is -2.06. The van der Waals surface area contributed by atoms with Gasteiger partial charge in [0.05, 0.1) is 6.61 Å². The lowest BCUT2D eigenvalue weighted by atomic mass is 9.87. The molecule has 0 fully saturated rings. The summed E-state index contributed by atoms with van der Waals surface area (Å²) in [5.74, 6) is -0.516. The summed E-state index contributed by atoms with van der Waals surface area (Å²) in [5.41, 5.74) is -0.844. The smallest absolute Gasteiger partial charge is 0.396 e. The van der Waals surface area contributed by atoms with Crippen LogP contribution in [0, 0.1) is 5.41 Å². The Kier molecular flexibility index (Phi) is 10.3. The van der Waals surface area contributed by atoms with E-state index in [-0.39, 0.29) is 13.2 Å². The van der Waals surface area contributed by atoms with E-state index in [1.807, 2.05) is 0 Å². The molecule has 0 heterocycles. The molecule has 0 aromatic carbocycles. The van der Waals surface area contributed by atoms with Crippen LogP contribution in [-0.2, 0) is 9.36 Å². The standard InChI is InChI=1S/C9H19NO4.H3O4P/c1-9(2,6-12)7(13)8(14)10-4-3-5-11;1-5(2,3)4/h7,11-13H,3-6H2,1-2H3,(H,10,14);(H3,1,2,3,4). The van der Waals surface area contributed by atoms with Crippen LogP contribution >= 0.6 is 7.82 Å². The van der Waals surface area contributed by atoms with Gasteiger partial charge in [0.2, 0.25) is 5.91 Å². The van der Waals surface area contributed by atoms with Gasteiger partial charge in [0.25, 0.3) is 0 Å². The quantitative estimate of drug-likeness (QED) is 0.217. The highest BCUT2D eigenvalue weighted by Crippen LogP contribution is 2.25. The third kappa shape index (κ3) is 13.7. The summed E-state index contributed by atoms with van der Waals surface area (Å²) in [6, 6.07) is 0. The van der Waals surface area contributed by atoms with Gasteiger partial charge in [0.15, 0.2) is 0 Å². The second-order valence-corrected chi connectivity index (χ2v) is 5.46. The average Bonchev–Trinajstić information content (AvgIpc) is 2.26. The molecule has 0 aromatic rings. The van der Waals surface area contributed by atoms with Gasteiger partial charge in [-0.15, -0.1) is 0 Å². The van der Waals surface area contributed by atoms with Crippen LogP contribution in [0.2, 0.25) is 0 Å². The molecule has 0 aliphatic heterocycles. The Morgan fingerprint density at radius 1 is 1.26 bits per heavy atom. The SMILES string of the molecule is CC(C)(CO)C(O)C(=O)NCCCO.O=P(O)(O)O. The van der Waals surface area contributed by atoms with Crippen molar-refractivity contribution >= 4 is 13.7 Å².